The number of imidazole rings is 1. The number of aromatic nitrogens is 2. The molecule has 1 amide bonds. The molecular formula is C25H32N4O. The molecule has 1 aliphatic heterocycles. The molecule has 158 valence electrons. The number of para-hydroxylation sites is 2. The van der Waals surface area contributed by atoms with Crippen LogP contribution >= 0.6 is 0 Å². The van der Waals surface area contributed by atoms with Crippen LogP contribution in [0, 0.1) is 12.8 Å². The average molecular weight is 405 g/mol. The van der Waals surface area contributed by atoms with E-state index in [1.54, 1.807) is 0 Å². The van der Waals surface area contributed by atoms with E-state index in [-0.39, 0.29) is 11.8 Å². The molecule has 30 heavy (non-hydrogen) atoms. The van der Waals surface area contributed by atoms with Crippen molar-refractivity contribution in [3.8, 4) is 0 Å². The van der Waals surface area contributed by atoms with Crippen molar-refractivity contribution in [2.24, 2.45) is 5.92 Å². The second-order valence-corrected chi connectivity index (χ2v) is 8.76. The number of carbonyl (C=O) groups is 1. The molecular weight excluding hydrogens is 372 g/mol. The fourth-order valence-corrected chi connectivity index (χ4v) is 4.55. The summed E-state index contributed by atoms with van der Waals surface area (Å²) in [6.07, 6.45) is 2.00. The van der Waals surface area contributed by atoms with Gasteiger partial charge >= 0.3 is 0 Å². The van der Waals surface area contributed by atoms with Crippen molar-refractivity contribution in [3.05, 3.63) is 65.5 Å². The minimum atomic E-state index is 0.0421. The maximum atomic E-state index is 12.8. The normalized spacial score (nSPS) is 17.5. The molecule has 1 aliphatic rings. The highest BCUT2D eigenvalue weighted by Gasteiger charge is 2.27. The second kappa shape index (κ2) is 9.00. The molecule has 0 bridgehead atoms. The number of rotatable bonds is 6. The maximum absolute atomic E-state index is 12.8. The standard InChI is InChI=1S/C25H32N4O/c1-18(2)29-23-12-5-4-11-22(23)27-24(29)17-28-13-7-10-21(16-28)25(30)26-15-20-9-6-8-19(3)14-20/h4-6,8-9,11-12,14,18,21H,7,10,13,15-17H2,1-3H3,(H,26,30)/t21-/m0/s1. The highest BCUT2D eigenvalue weighted by molar-refractivity contribution is 5.79. The number of aryl methyl sites for hydroxylation is 1. The van der Waals surface area contributed by atoms with E-state index in [2.05, 4.69) is 72.0 Å². The van der Waals surface area contributed by atoms with Gasteiger partial charge in [-0.05, 0) is 57.9 Å². The summed E-state index contributed by atoms with van der Waals surface area (Å²) in [5.74, 6) is 1.30. The summed E-state index contributed by atoms with van der Waals surface area (Å²) in [5.41, 5.74) is 4.61. The number of fused-ring (bicyclic) bond motifs is 1. The van der Waals surface area contributed by atoms with Crippen LogP contribution in [-0.2, 0) is 17.9 Å². The number of hydrogen-bond acceptors (Lipinski definition) is 3. The fraction of sp³-hybridized carbons (Fsp3) is 0.440. The van der Waals surface area contributed by atoms with E-state index < -0.39 is 0 Å². The van der Waals surface area contributed by atoms with Gasteiger partial charge in [0, 0.05) is 19.1 Å². The maximum Gasteiger partial charge on any atom is 0.224 e. The minimum absolute atomic E-state index is 0.0421. The highest BCUT2D eigenvalue weighted by Crippen LogP contribution is 2.24. The van der Waals surface area contributed by atoms with E-state index >= 15 is 0 Å². The van der Waals surface area contributed by atoms with Crippen LogP contribution in [-0.4, -0.2) is 33.4 Å². The Labute approximate surface area is 179 Å². The summed E-state index contributed by atoms with van der Waals surface area (Å²) in [4.78, 5) is 20.1. The zero-order valence-corrected chi connectivity index (χ0v) is 18.3. The van der Waals surface area contributed by atoms with E-state index in [0.717, 1.165) is 49.4 Å². The lowest BCUT2D eigenvalue weighted by Crippen LogP contribution is -2.42. The molecule has 1 N–H and O–H groups in total. The Morgan fingerprint density at radius 2 is 2.03 bits per heavy atom. The quantitative estimate of drug-likeness (QED) is 0.660. The van der Waals surface area contributed by atoms with Crippen LogP contribution in [0.3, 0.4) is 0 Å². The summed E-state index contributed by atoms with van der Waals surface area (Å²) in [7, 11) is 0. The molecule has 3 aromatic rings. The molecule has 1 saturated heterocycles. The monoisotopic (exact) mass is 404 g/mol. The smallest absolute Gasteiger partial charge is 0.224 e. The van der Waals surface area contributed by atoms with E-state index in [1.807, 2.05) is 12.1 Å². The van der Waals surface area contributed by atoms with Gasteiger partial charge in [0.05, 0.1) is 23.5 Å². The third-order valence-corrected chi connectivity index (χ3v) is 5.98. The van der Waals surface area contributed by atoms with E-state index in [1.165, 1.54) is 11.1 Å². The Morgan fingerprint density at radius 3 is 2.83 bits per heavy atom. The van der Waals surface area contributed by atoms with Gasteiger partial charge in [-0.15, -0.1) is 0 Å². The number of nitrogens with one attached hydrogen (secondary N) is 1. The van der Waals surface area contributed by atoms with Crippen molar-refractivity contribution >= 4 is 16.9 Å². The van der Waals surface area contributed by atoms with Crippen LogP contribution in [0.1, 0.15) is 49.7 Å². The zero-order chi connectivity index (χ0) is 21.1. The van der Waals surface area contributed by atoms with Crippen molar-refractivity contribution in [2.45, 2.75) is 52.7 Å². The first-order chi connectivity index (χ1) is 14.5. The number of piperidine rings is 1. The number of benzene rings is 2. The molecule has 0 aliphatic carbocycles. The summed E-state index contributed by atoms with van der Waals surface area (Å²) in [5, 5.41) is 3.14. The van der Waals surface area contributed by atoms with Crippen LogP contribution < -0.4 is 5.32 Å². The van der Waals surface area contributed by atoms with Gasteiger partial charge in [0.1, 0.15) is 5.82 Å². The Morgan fingerprint density at radius 1 is 1.20 bits per heavy atom. The molecule has 0 unspecified atom stereocenters. The summed E-state index contributed by atoms with van der Waals surface area (Å²) < 4.78 is 2.33. The molecule has 5 heteroatoms. The Hall–Kier alpha value is -2.66. The van der Waals surface area contributed by atoms with Gasteiger partial charge in [-0.3, -0.25) is 9.69 Å². The third kappa shape index (κ3) is 4.57. The van der Waals surface area contributed by atoms with Crippen molar-refractivity contribution in [1.29, 1.82) is 0 Å². The van der Waals surface area contributed by atoms with Crippen molar-refractivity contribution in [3.63, 3.8) is 0 Å². The molecule has 1 aromatic heterocycles. The lowest BCUT2D eigenvalue weighted by atomic mass is 9.97. The van der Waals surface area contributed by atoms with Gasteiger partial charge < -0.3 is 9.88 Å². The number of nitrogens with zero attached hydrogens (tertiary/aromatic N) is 3. The van der Waals surface area contributed by atoms with E-state index in [4.69, 9.17) is 4.98 Å². The van der Waals surface area contributed by atoms with Crippen LogP contribution in [0.25, 0.3) is 11.0 Å². The third-order valence-electron chi connectivity index (χ3n) is 5.98. The van der Waals surface area contributed by atoms with Crippen molar-refractivity contribution < 1.29 is 4.79 Å². The Kier molecular flexibility index (Phi) is 6.18. The van der Waals surface area contributed by atoms with Crippen LogP contribution in [0.4, 0.5) is 0 Å². The highest BCUT2D eigenvalue weighted by atomic mass is 16.1. The van der Waals surface area contributed by atoms with Gasteiger partial charge in [0.2, 0.25) is 5.91 Å². The molecule has 0 spiro atoms. The predicted octanol–water partition coefficient (Wildman–Crippen LogP) is 4.45. The number of carbonyl (C=O) groups excluding carboxylic acids is 1. The molecule has 2 aromatic carbocycles. The van der Waals surface area contributed by atoms with Gasteiger partial charge in [-0.1, -0.05) is 42.0 Å². The molecule has 4 rings (SSSR count). The first kappa shape index (κ1) is 20.6. The Balaban J connectivity index is 1.41. The largest absolute Gasteiger partial charge is 0.352 e. The number of amides is 1. The topological polar surface area (TPSA) is 50.2 Å². The van der Waals surface area contributed by atoms with E-state index in [9.17, 15) is 4.79 Å². The number of hydrogen-bond donors (Lipinski definition) is 1. The SMILES string of the molecule is Cc1cccc(CNC(=O)[C@H]2CCCN(Cc3nc4ccccc4n3C(C)C)C2)c1. The molecule has 0 radical (unpaired) electrons. The van der Waals surface area contributed by atoms with Crippen molar-refractivity contribution in [1.82, 2.24) is 19.8 Å². The number of likely N-dealkylation sites (tertiary alicyclic amines) is 1. The van der Waals surface area contributed by atoms with Crippen molar-refractivity contribution in [2.75, 3.05) is 13.1 Å². The summed E-state index contributed by atoms with van der Waals surface area (Å²) >= 11 is 0. The molecule has 1 fully saturated rings. The van der Waals surface area contributed by atoms with Crippen LogP contribution in [0.5, 0.6) is 0 Å². The van der Waals surface area contributed by atoms with Crippen LogP contribution in [0.15, 0.2) is 48.5 Å². The Bertz CT molecular complexity index is 1020. The first-order valence-corrected chi connectivity index (χ1v) is 11.0. The fourth-order valence-electron chi connectivity index (χ4n) is 4.55. The average Bonchev–Trinajstić information content (AvgIpc) is 3.10. The van der Waals surface area contributed by atoms with Gasteiger partial charge in [0.15, 0.2) is 0 Å². The second-order valence-electron chi connectivity index (χ2n) is 8.76. The van der Waals surface area contributed by atoms with Gasteiger partial charge in [-0.25, -0.2) is 4.98 Å². The summed E-state index contributed by atoms with van der Waals surface area (Å²) in [6, 6.07) is 17.0. The first-order valence-electron chi connectivity index (χ1n) is 11.0. The lowest BCUT2D eigenvalue weighted by Gasteiger charge is -2.32. The lowest BCUT2D eigenvalue weighted by molar-refractivity contribution is -0.127. The molecule has 0 saturated carbocycles. The predicted molar refractivity (Wildman–Crippen MR) is 121 cm³/mol. The summed E-state index contributed by atoms with van der Waals surface area (Å²) in [6.45, 7) is 9.68. The van der Waals surface area contributed by atoms with Gasteiger partial charge in [-0.2, -0.15) is 0 Å². The van der Waals surface area contributed by atoms with Gasteiger partial charge in [0.25, 0.3) is 0 Å². The zero-order valence-electron chi connectivity index (χ0n) is 18.3. The van der Waals surface area contributed by atoms with Crippen LogP contribution in [0.2, 0.25) is 0 Å². The molecule has 5 nitrogen and oxygen atoms in total. The molecule has 1 atom stereocenters. The minimum Gasteiger partial charge on any atom is -0.352 e. The molecule has 2 heterocycles. The van der Waals surface area contributed by atoms with E-state index in [0.29, 0.717) is 12.6 Å².